The summed E-state index contributed by atoms with van der Waals surface area (Å²) in [5.74, 6) is 1.21. The third-order valence-corrected chi connectivity index (χ3v) is 7.18. The molecule has 2 aliphatic rings. The van der Waals surface area contributed by atoms with Crippen LogP contribution in [0.5, 0.6) is 5.75 Å². The van der Waals surface area contributed by atoms with E-state index >= 15 is 0 Å². The van der Waals surface area contributed by atoms with Gasteiger partial charge in [-0.15, -0.1) is 21.5 Å². The third kappa shape index (κ3) is 4.27. The van der Waals surface area contributed by atoms with E-state index in [1.165, 1.54) is 36.3 Å². The van der Waals surface area contributed by atoms with E-state index in [1.54, 1.807) is 12.3 Å². The predicted molar refractivity (Wildman–Crippen MR) is 121 cm³/mol. The standard InChI is InChI=1S/C23H26FN5OS/c1-13(15-3-4-15)26-16-7-8-29(12-16)23-6-5-20(27-28-23)18-9-19(24)17(10-21(18)30)22-11-25-14(2)31-22/h5-6,9-11,13,15-16,26,30H,3-4,7-8,12H2,1-2H3/t13-,16-/m1/s1. The number of nitrogens with zero attached hydrogens (tertiary/aromatic N) is 4. The smallest absolute Gasteiger partial charge is 0.151 e. The Kier molecular flexibility index (Phi) is 5.35. The normalized spacial score (nSPS) is 19.7. The summed E-state index contributed by atoms with van der Waals surface area (Å²) in [7, 11) is 0. The third-order valence-electron chi connectivity index (χ3n) is 6.24. The van der Waals surface area contributed by atoms with Gasteiger partial charge in [0.05, 0.1) is 15.6 Å². The zero-order valence-corrected chi connectivity index (χ0v) is 18.5. The molecule has 2 N–H and O–H groups in total. The summed E-state index contributed by atoms with van der Waals surface area (Å²) < 4.78 is 14.7. The first kappa shape index (κ1) is 20.3. The molecule has 162 valence electrons. The molecule has 31 heavy (non-hydrogen) atoms. The lowest BCUT2D eigenvalue weighted by molar-refractivity contribution is 0.433. The molecule has 3 aromatic rings. The van der Waals surface area contributed by atoms with Gasteiger partial charge in [-0.1, -0.05) is 0 Å². The summed E-state index contributed by atoms with van der Waals surface area (Å²) in [5.41, 5.74) is 1.12. The van der Waals surface area contributed by atoms with E-state index in [0.717, 1.165) is 36.3 Å². The van der Waals surface area contributed by atoms with Gasteiger partial charge in [0.15, 0.2) is 5.82 Å². The fourth-order valence-corrected chi connectivity index (χ4v) is 5.08. The van der Waals surface area contributed by atoms with Crippen LogP contribution >= 0.6 is 11.3 Å². The molecule has 1 saturated heterocycles. The molecule has 1 aliphatic heterocycles. The number of aromatic hydroxyl groups is 1. The van der Waals surface area contributed by atoms with E-state index in [0.29, 0.717) is 33.8 Å². The van der Waals surface area contributed by atoms with Crippen LogP contribution in [0.1, 0.15) is 31.2 Å². The van der Waals surface area contributed by atoms with E-state index in [-0.39, 0.29) is 5.75 Å². The maximum absolute atomic E-state index is 14.7. The van der Waals surface area contributed by atoms with Gasteiger partial charge < -0.3 is 15.3 Å². The second-order valence-electron chi connectivity index (χ2n) is 8.59. The summed E-state index contributed by atoms with van der Waals surface area (Å²) >= 11 is 1.39. The first-order valence-electron chi connectivity index (χ1n) is 10.8. The summed E-state index contributed by atoms with van der Waals surface area (Å²) in [4.78, 5) is 7.08. The van der Waals surface area contributed by atoms with E-state index in [9.17, 15) is 9.50 Å². The molecule has 6 nitrogen and oxygen atoms in total. The quantitative estimate of drug-likeness (QED) is 0.594. The molecular weight excluding hydrogens is 413 g/mol. The van der Waals surface area contributed by atoms with Crippen LogP contribution in [0, 0.1) is 18.7 Å². The van der Waals surface area contributed by atoms with Crippen LogP contribution in [-0.4, -0.2) is 45.5 Å². The van der Waals surface area contributed by atoms with E-state index in [4.69, 9.17) is 0 Å². The van der Waals surface area contributed by atoms with E-state index in [2.05, 4.69) is 32.3 Å². The Morgan fingerprint density at radius 2 is 2.03 bits per heavy atom. The number of hydrogen-bond acceptors (Lipinski definition) is 7. The van der Waals surface area contributed by atoms with Crippen molar-refractivity contribution >= 4 is 17.2 Å². The van der Waals surface area contributed by atoms with Crippen molar-refractivity contribution in [3.63, 3.8) is 0 Å². The summed E-state index contributed by atoms with van der Waals surface area (Å²) in [6.45, 7) is 5.99. The Morgan fingerprint density at radius 3 is 2.71 bits per heavy atom. The zero-order chi connectivity index (χ0) is 21.5. The zero-order valence-electron chi connectivity index (χ0n) is 17.7. The lowest BCUT2D eigenvalue weighted by Gasteiger charge is -2.20. The molecule has 1 aliphatic carbocycles. The minimum Gasteiger partial charge on any atom is -0.507 e. The van der Waals surface area contributed by atoms with Gasteiger partial charge in [-0.2, -0.15) is 0 Å². The number of anilines is 1. The second kappa shape index (κ2) is 8.16. The molecule has 0 unspecified atom stereocenters. The first-order chi connectivity index (χ1) is 15.0. The lowest BCUT2D eigenvalue weighted by Crippen LogP contribution is -2.39. The maximum Gasteiger partial charge on any atom is 0.151 e. The largest absolute Gasteiger partial charge is 0.507 e. The van der Waals surface area contributed by atoms with Crippen molar-refractivity contribution in [3.05, 3.63) is 41.3 Å². The van der Waals surface area contributed by atoms with Crippen molar-refractivity contribution in [2.45, 2.75) is 45.2 Å². The molecule has 3 heterocycles. The predicted octanol–water partition coefficient (Wildman–Crippen LogP) is 4.39. The van der Waals surface area contributed by atoms with Crippen molar-refractivity contribution in [1.29, 1.82) is 0 Å². The molecule has 5 rings (SSSR count). The highest BCUT2D eigenvalue weighted by atomic mass is 32.1. The van der Waals surface area contributed by atoms with Crippen LogP contribution in [0.25, 0.3) is 21.7 Å². The average molecular weight is 440 g/mol. The number of rotatable bonds is 6. The van der Waals surface area contributed by atoms with Crippen molar-refractivity contribution in [1.82, 2.24) is 20.5 Å². The van der Waals surface area contributed by atoms with Crippen molar-refractivity contribution in [3.8, 4) is 27.4 Å². The van der Waals surface area contributed by atoms with Crippen molar-refractivity contribution in [2.24, 2.45) is 5.92 Å². The second-order valence-corrected chi connectivity index (χ2v) is 9.83. The Bertz CT molecular complexity index is 1080. The number of phenolic OH excluding ortho intramolecular Hbond substituents is 1. The molecule has 1 aromatic carbocycles. The van der Waals surface area contributed by atoms with Gasteiger partial charge in [-0.25, -0.2) is 9.37 Å². The fourth-order valence-electron chi connectivity index (χ4n) is 4.29. The van der Waals surface area contributed by atoms with Gasteiger partial charge in [0.25, 0.3) is 0 Å². The fraction of sp³-hybridized carbons (Fsp3) is 0.435. The molecule has 0 spiro atoms. The molecule has 0 bridgehead atoms. The number of thiazole rings is 1. The number of nitrogens with one attached hydrogen (secondary N) is 1. The highest BCUT2D eigenvalue weighted by Crippen LogP contribution is 2.37. The molecule has 0 amide bonds. The van der Waals surface area contributed by atoms with Crippen molar-refractivity contribution < 1.29 is 9.50 Å². The number of hydrogen-bond donors (Lipinski definition) is 2. The van der Waals surface area contributed by atoms with Gasteiger partial charge in [0, 0.05) is 42.5 Å². The average Bonchev–Trinajstić information content (AvgIpc) is 3.38. The van der Waals surface area contributed by atoms with Gasteiger partial charge in [0.1, 0.15) is 11.6 Å². The van der Waals surface area contributed by atoms with E-state index < -0.39 is 5.82 Å². The number of halogens is 1. The van der Waals surface area contributed by atoms with Crippen LogP contribution in [0.2, 0.25) is 0 Å². The summed E-state index contributed by atoms with van der Waals surface area (Å²) in [6, 6.07) is 7.49. The van der Waals surface area contributed by atoms with Crippen LogP contribution in [0.3, 0.4) is 0 Å². The van der Waals surface area contributed by atoms with E-state index in [1.807, 2.05) is 13.0 Å². The Hall–Kier alpha value is -2.58. The topological polar surface area (TPSA) is 74.2 Å². The molecule has 2 aromatic heterocycles. The number of phenols is 1. The molecule has 2 fully saturated rings. The molecular formula is C23H26FN5OS. The summed E-state index contributed by atoms with van der Waals surface area (Å²) in [6.07, 6.45) is 5.40. The molecule has 1 saturated carbocycles. The van der Waals surface area contributed by atoms with Gasteiger partial charge in [-0.05, 0) is 63.3 Å². The summed E-state index contributed by atoms with van der Waals surface area (Å²) in [5, 5.41) is 23.7. The number of aryl methyl sites for hydroxylation is 1. The molecule has 8 heteroatoms. The Labute approximate surface area is 185 Å². The molecule has 0 radical (unpaired) electrons. The Morgan fingerprint density at radius 1 is 1.19 bits per heavy atom. The highest BCUT2D eigenvalue weighted by Gasteiger charge is 2.31. The SMILES string of the molecule is Cc1ncc(-c2cc(O)c(-c3ccc(N4CC[C@@H](N[C@H](C)C5CC5)C4)nn3)cc2F)s1. The van der Waals surface area contributed by atoms with Gasteiger partial charge >= 0.3 is 0 Å². The number of benzene rings is 1. The monoisotopic (exact) mass is 439 g/mol. The van der Waals surface area contributed by atoms with Gasteiger partial charge in [-0.3, -0.25) is 0 Å². The van der Waals surface area contributed by atoms with Crippen LogP contribution in [0.4, 0.5) is 10.2 Å². The maximum atomic E-state index is 14.7. The molecule has 2 atom stereocenters. The van der Waals surface area contributed by atoms with Crippen LogP contribution < -0.4 is 10.2 Å². The Balaban J connectivity index is 1.30. The van der Waals surface area contributed by atoms with Crippen molar-refractivity contribution in [2.75, 3.05) is 18.0 Å². The first-order valence-corrected chi connectivity index (χ1v) is 11.6. The van der Waals surface area contributed by atoms with Gasteiger partial charge in [0.2, 0.25) is 0 Å². The lowest BCUT2D eigenvalue weighted by atomic mass is 10.1. The minimum atomic E-state index is -0.416. The number of aromatic nitrogens is 3. The minimum absolute atomic E-state index is 0.0241. The highest BCUT2D eigenvalue weighted by molar-refractivity contribution is 7.15. The van der Waals surface area contributed by atoms with Crippen LogP contribution in [0.15, 0.2) is 30.5 Å². The van der Waals surface area contributed by atoms with Crippen LogP contribution in [-0.2, 0) is 0 Å².